The standard InChI is InChI=1S/C14H11ClN4/c15-11-3-1-2-4-13(11)19-9-18-8-14(19)10-7-17-6-5-12(10)16/h1-9H,(H2,16,17). The first-order valence-corrected chi connectivity index (χ1v) is 6.12. The van der Waals surface area contributed by atoms with Crippen molar-refractivity contribution < 1.29 is 0 Å². The van der Waals surface area contributed by atoms with Crippen LogP contribution in [0.4, 0.5) is 5.69 Å². The molecular weight excluding hydrogens is 260 g/mol. The second-order valence-corrected chi connectivity index (χ2v) is 4.47. The summed E-state index contributed by atoms with van der Waals surface area (Å²) in [6.45, 7) is 0. The van der Waals surface area contributed by atoms with Crippen LogP contribution in [0, 0.1) is 0 Å². The lowest BCUT2D eigenvalue weighted by molar-refractivity contribution is 1.06. The van der Waals surface area contributed by atoms with E-state index in [9.17, 15) is 0 Å². The molecule has 3 aromatic rings. The Bertz CT molecular complexity index is 661. The fraction of sp³-hybridized carbons (Fsp3) is 0. The van der Waals surface area contributed by atoms with Crippen LogP contribution < -0.4 is 5.73 Å². The molecule has 3 rings (SSSR count). The Balaban J connectivity index is 2.20. The number of rotatable bonds is 2. The first-order valence-electron chi connectivity index (χ1n) is 5.74. The number of anilines is 1. The summed E-state index contributed by atoms with van der Waals surface area (Å²) in [5.74, 6) is 0. The van der Waals surface area contributed by atoms with Crippen LogP contribution in [0.15, 0.2) is 55.2 Å². The van der Waals surface area contributed by atoms with Gasteiger partial charge in [-0.1, -0.05) is 23.7 Å². The highest BCUT2D eigenvalue weighted by atomic mass is 35.5. The molecule has 2 N–H and O–H groups in total. The van der Waals surface area contributed by atoms with E-state index in [0.29, 0.717) is 10.7 Å². The van der Waals surface area contributed by atoms with Gasteiger partial charge in [-0.2, -0.15) is 0 Å². The van der Waals surface area contributed by atoms with E-state index < -0.39 is 0 Å². The molecule has 0 saturated carbocycles. The van der Waals surface area contributed by atoms with Gasteiger partial charge in [-0.05, 0) is 18.2 Å². The molecular formula is C14H11ClN4. The van der Waals surface area contributed by atoms with Crippen LogP contribution in [-0.2, 0) is 0 Å². The molecule has 0 bridgehead atoms. The average Bonchev–Trinajstić information content (AvgIpc) is 2.89. The molecule has 2 aromatic heterocycles. The predicted octanol–water partition coefficient (Wildman–Crippen LogP) is 3.17. The third kappa shape index (κ3) is 2.06. The number of hydrogen-bond acceptors (Lipinski definition) is 3. The highest BCUT2D eigenvalue weighted by Crippen LogP contribution is 2.29. The zero-order valence-corrected chi connectivity index (χ0v) is 10.7. The molecule has 0 atom stereocenters. The molecule has 0 radical (unpaired) electrons. The van der Waals surface area contributed by atoms with Crippen molar-refractivity contribution in [2.24, 2.45) is 0 Å². The lowest BCUT2D eigenvalue weighted by Gasteiger charge is -2.11. The molecule has 0 unspecified atom stereocenters. The van der Waals surface area contributed by atoms with Crippen molar-refractivity contribution in [1.29, 1.82) is 0 Å². The molecule has 0 aliphatic carbocycles. The highest BCUT2D eigenvalue weighted by Gasteiger charge is 2.11. The van der Waals surface area contributed by atoms with E-state index in [4.69, 9.17) is 17.3 Å². The van der Waals surface area contributed by atoms with Gasteiger partial charge in [0.05, 0.1) is 28.9 Å². The third-order valence-electron chi connectivity index (χ3n) is 2.88. The molecule has 0 aliphatic rings. The fourth-order valence-electron chi connectivity index (χ4n) is 1.95. The maximum Gasteiger partial charge on any atom is 0.0997 e. The molecule has 19 heavy (non-hydrogen) atoms. The minimum atomic E-state index is 0.656. The Hall–Kier alpha value is -2.33. The summed E-state index contributed by atoms with van der Waals surface area (Å²) < 4.78 is 1.90. The van der Waals surface area contributed by atoms with E-state index in [1.165, 1.54) is 0 Å². The molecule has 0 spiro atoms. The van der Waals surface area contributed by atoms with Crippen molar-refractivity contribution in [3.63, 3.8) is 0 Å². The molecule has 0 fully saturated rings. The summed E-state index contributed by atoms with van der Waals surface area (Å²) in [6.07, 6.45) is 6.84. The van der Waals surface area contributed by atoms with Gasteiger partial charge in [-0.15, -0.1) is 0 Å². The van der Waals surface area contributed by atoms with Gasteiger partial charge in [0, 0.05) is 23.6 Å². The van der Waals surface area contributed by atoms with E-state index in [0.717, 1.165) is 16.9 Å². The molecule has 94 valence electrons. The third-order valence-corrected chi connectivity index (χ3v) is 3.20. The minimum absolute atomic E-state index is 0.656. The number of aromatic nitrogens is 3. The van der Waals surface area contributed by atoms with Crippen molar-refractivity contribution >= 4 is 17.3 Å². The SMILES string of the molecule is Nc1ccncc1-c1cncn1-c1ccccc1Cl. The number of benzene rings is 1. The van der Waals surface area contributed by atoms with Gasteiger partial charge in [0.2, 0.25) is 0 Å². The summed E-state index contributed by atoms with van der Waals surface area (Å²) in [6, 6.07) is 9.35. The van der Waals surface area contributed by atoms with Gasteiger partial charge in [0.25, 0.3) is 0 Å². The molecule has 1 aromatic carbocycles. The molecule has 0 amide bonds. The Morgan fingerprint density at radius 1 is 1.05 bits per heavy atom. The number of imidazole rings is 1. The number of halogens is 1. The van der Waals surface area contributed by atoms with Crippen molar-refractivity contribution in [1.82, 2.24) is 14.5 Å². The van der Waals surface area contributed by atoms with E-state index in [2.05, 4.69) is 9.97 Å². The second-order valence-electron chi connectivity index (χ2n) is 4.06. The molecule has 4 nitrogen and oxygen atoms in total. The number of nitrogen functional groups attached to an aromatic ring is 1. The van der Waals surface area contributed by atoms with Crippen molar-refractivity contribution in [3.05, 3.63) is 60.3 Å². The van der Waals surface area contributed by atoms with Gasteiger partial charge in [0.1, 0.15) is 0 Å². The summed E-state index contributed by atoms with van der Waals surface area (Å²) in [4.78, 5) is 8.28. The summed E-state index contributed by atoms with van der Waals surface area (Å²) in [5.41, 5.74) is 9.19. The van der Waals surface area contributed by atoms with Crippen molar-refractivity contribution in [2.75, 3.05) is 5.73 Å². The maximum atomic E-state index is 6.22. The molecule has 2 heterocycles. The van der Waals surface area contributed by atoms with Crippen LogP contribution in [0.1, 0.15) is 0 Å². The zero-order chi connectivity index (χ0) is 13.2. The van der Waals surface area contributed by atoms with Crippen LogP contribution in [0.25, 0.3) is 16.9 Å². The number of para-hydroxylation sites is 1. The zero-order valence-electron chi connectivity index (χ0n) is 9.99. The lowest BCUT2D eigenvalue weighted by Crippen LogP contribution is -1.98. The maximum absolute atomic E-state index is 6.22. The van der Waals surface area contributed by atoms with Crippen molar-refractivity contribution in [2.45, 2.75) is 0 Å². The predicted molar refractivity (Wildman–Crippen MR) is 76.2 cm³/mol. The quantitative estimate of drug-likeness (QED) is 0.778. The first kappa shape index (κ1) is 11.7. The molecule has 0 aliphatic heterocycles. The smallest absolute Gasteiger partial charge is 0.0997 e. The van der Waals surface area contributed by atoms with Gasteiger partial charge < -0.3 is 5.73 Å². The van der Waals surface area contributed by atoms with Crippen molar-refractivity contribution in [3.8, 4) is 16.9 Å². The van der Waals surface area contributed by atoms with E-state index in [1.807, 2.05) is 28.8 Å². The summed E-state index contributed by atoms with van der Waals surface area (Å²) >= 11 is 6.22. The Labute approximate surface area is 115 Å². The monoisotopic (exact) mass is 270 g/mol. The van der Waals surface area contributed by atoms with Gasteiger partial charge in [0.15, 0.2) is 0 Å². The number of pyridine rings is 1. The summed E-state index contributed by atoms with van der Waals surface area (Å²) in [7, 11) is 0. The largest absolute Gasteiger partial charge is 0.398 e. The van der Waals surface area contributed by atoms with Crippen LogP contribution >= 0.6 is 11.6 Å². The first-order chi connectivity index (χ1) is 9.27. The minimum Gasteiger partial charge on any atom is -0.398 e. The van der Waals surface area contributed by atoms with Crippen LogP contribution in [0.3, 0.4) is 0 Å². The number of hydrogen-bond donors (Lipinski definition) is 1. The van der Waals surface area contributed by atoms with Gasteiger partial charge in [-0.3, -0.25) is 9.55 Å². The van der Waals surface area contributed by atoms with E-state index in [1.54, 1.807) is 31.0 Å². The Morgan fingerprint density at radius 2 is 1.89 bits per heavy atom. The van der Waals surface area contributed by atoms with E-state index >= 15 is 0 Å². The summed E-state index contributed by atoms with van der Waals surface area (Å²) in [5, 5.41) is 0.657. The van der Waals surface area contributed by atoms with Crippen LogP contribution in [-0.4, -0.2) is 14.5 Å². The molecule has 5 heteroatoms. The van der Waals surface area contributed by atoms with E-state index in [-0.39, 0.29) is 0 Å². The second kappa shape index (κ2) is 4.74. The molecule has 0 saturated heterocycles. The van der Waals surface area contributed by atoms with Crippen LogP contribution in [0.2, 0.25) is 5.02 Å². The fourth-order valence-corrected chi connectivity index (χ4v) is 2.18. The highest BCUT2D eigenvalue weighted by molar-refractivity contribution is 6.32. The average molecular weight is 271 g/mol. The topological polar surface area (TPSA) is 56.7 Å². The lowest BCUT2D eigenvalue weighted by atomic mass is 10.2. The Kier molecular flexibility index (Phi) is 2.93. The Morgan fingerprint density at radius 3 is 2.68 bits per heavy atom. The normalized spacial score (nSPS) is 10.6. The number of nitrogens with zero attached hydrogens (tertiary/aromatic N) is 3. The van der Waals surface area contributed by atoms with Crippen LogP contribution in [0.5, 0.6) is 0 Å². The van der Waals surface area contributed by atoms with Gasteiger partial charge in [-0.25, -0.2) is 4.98 Å². The number of nitrogens with two attached hydrogens (primary N) is 1. The van der Waals surface area contributed by atoms with Gasteiger partial charge >= 0.3 is 0 Å².